The van der Waals surface area contributed by atoms with E-state index in [0.29, 0.717) is 18.5 Å². The van der Waals surface area contributed by atoms with E-state index in [-0.39, 0.29) is 5.91 Å². The second-order valence-electron chi connectivity index (χ2n) is 7.37. The molecule has 1 aromatic carbocycles. The van der Waals surface area contributed by atoms with E-state index in [4.69, 9.17) is 0 Å². The summed E-state index contributed by atoms with van der Waals surface area (Å²) in [5.74, 6) is -0.0950. The lowest BCUT2D eigenvalue weighted by Gasteiger charge is -2.37. The first kappa shape index (κ1) is 21.1. The Balaban J connectivity index is 2.56. The van der Waals surface area contributed by atoms with Gasteiger partial charge < -0.3 is 0 Å². The van der Waals surface area contributed by atoms with Crippen molar-refractivity contribution in [1.29, 1.82) is 0 Å². The molecule has 0 fully saturated rings. The van der Waals surface area contributed by atoms with Gasteiger partial charge in [0.25, 0.3) is 5.91 Å². The van der Waals surface area contributed by atoms with Gasteiger partial charge in [-0.25, -0.2) is 5.43 Å². The monoisotopic (exact) mass is 368 g/mol. The molecule has 1 atom stereocenters. The molecule has 1 aromatic heterocycles. The van der Waals surface area contributed by atoms with Gasteiger partial charge in [-0.15, -0.1) is 0 Å². The normalized spacial score (nSPS) is 13.8. The van der Waals surface area contributed by atoms with Gasteiger partial charge in [-0.05, 0) is 51.8 Å². The summed E-state index contributed by atoms with van der Waals surface area (Å²) in [5.41, 5.74) is 6.46. The summed E-state index contributed by atoms with van der Waals surface area (Å²) in [5, 5.41) is 0. The number of rotatable bonds is 9. The van der Waals surface area contributed by atoms with Crippen molar-refractivity contribution in [3.63, 3.8) is 0 Å². The molecular weight excluding hydrogens is 336 g/mol. The van der Waals surface area contributed by atoms with Gasteiger partial charge in [0.05, 0.1) is 5.69 Å². The van der Waals surface area contributed by atoms with Crippen molar-refractivity contribution >= 4 is 5.91 Å². The summed E-state index contributed by atoms with van der Waals surface area (Å²) in [7, 11) is 1.71. The number of hydrazine groups is 1. The molecule has 1 amide bonds. The zero-order valence-corrected chi connectivity index (χ0v) is 17.1. The number of nitrogens with zero attached hydrogens (tertiary/aromatic N) is 2. The fourth-order valence-corrected chi connectivity index (χ4v) is 3.75. The van der Waals surface area contributed by atoms with Crippen LogP contribution in [-0.4, -0.2) is 41.5 Å². The zero-order chi connectivity index (χ0) is 19.9. The molecule has 0 bridgehead atoms. The van der Waals surface area contributed by atoms with Gasteiger partial charge in [0.15, 0.2) is 0 Å². The van der Waals surface area contributed by atoms with Crippen LogP contribution in [0.15, 0.2) is 54.7 Å². The highest BCUT2D eigenvalue weighted by Crippen LogP contribution is 2.35. The molecule has 2 rings (SSSR count). The van der Waals surface area contributed by atoms with Crippen LogP contribution in [-0.2, 0) is 10.2 Å². The third-order valence-electron chi connectivity index (χ3n) is 5.07. The van der Waals surface area contributed by atoms with E-state index in [9.17, 15) is 4.79 Å². The minimum absolute atomic E-state index is 0.0950. The minimum Gasteiger partial charge on any atom is -0.298 e. The standard InChI is InChI=1S/C22H32N4O/c1-17(2)26(18(3)4)16-14-22(21(27)25-23-5,19-11-7-6-8-12-19)20-13-9-10-15-24-20/h6-13,15,17-18,23H,14,16H2,1-5H3,(H,25,27). The lowest BCUT2D eigenvalue weighted by Crippen LogP contribution is -2.52. The molecule has 0 aliphatic rings. The molecule has 5 heteroatoms. The predicted octanol–water partition coefficient (Wildman–Crippen LogP) is 3.13. The molecule has 5 nitrogen and oxygen atoms in total. The zero-order valence-electron chi connectivity index (χ0n) is 17.1. The minimum atomic E-state index is -0.867. The average molecular weight is 369 g/mol. The van der Waals surface area contributed by atoms with Crippen molar-refractivity contribution in [3.8, 4) is 0 Å². The first-order chi connectivity index (χ1) is 12.9. The van der Waals surface area contributed by atoms with Gasteiger partial charge in [-0.1, -0.05) is 36.4 Å². The van der Waals surface area contributed by atoms with Crippen molar-refractivity contribution in [1.82, 2.24) is 20.7 Å². The molecule has 146 valence electrons. The molecule has 2 N–H and O–H groups in total. The van der Waals surface area contributed by atoms with E-state index in [2.05, 4.69) is 48.4 Å². The maximum Gasteiger partial charge on any atom is 0.250 e. The number of carbonyl (C=O) groups excluding carboxylic acids is 1. The van der Waals surface area contributed by atoms with Gasteiger partial charge in [0, 0.05) is 31.9 Å². The summed E-state index contributed by atoms with van der Waals surface area (Å²) in [4.78, 5) is 20.4. The van der Waals surface area contributed by atoms with E-state index in [1.165, 1.54) is 0 Å². The van der Waals surface area contributed by atoms with Crippen molar-refractivity contribution < 1.29 is 4.79 Å². The molecule has 27 heavy (non-hydrogen) atoms. The van der Waals surface area contributed by atoms with Gasteiger partial charge in [0.1, 0.15) is 5.41 Å². The highest BCUT2D eigenvalue weighted by atomic mass is 16.2. The van der Waals surface area contributed by atoms with Crippen LogP contribution in [0, 0.1) is 0 Å². The first-order valence-electron chi connectivity index (χ1n) is 9.63. The maximum atomic E-state index is 13.4. The van der Waals surface area contributed by atoms with E-state index < -0.39 is 5.41 Å². The molecular formula is C22H32N4O. The van der Waals surface area contributed by atoms with E-state index in [0.717, 1.165) is 17.8 Å². The SMILES string of the molecule is CNNC(=O)C(CCN(C(C)C)C(C)C)(c1ccccc1)c1ccccn1. The Morgan fingerprint density at radius 2 is 1.67 bits per heavy atom. The molecule has 2 aromatic rings. The highest BCUT2D eigenvalue weighted by Gasteiger charge is 2.43. The Morgan fingerprint density at radius 1 is 1.04 bits per heavy atom. The largest absolute Gasteiger partial charge is 0.298 e. The van der Waals surface area contributed by atoms with Gasteiger partial charge in [-0.3, -0.25) is 20.1 Å². The Morgan fingerprint density at radius 3 is 2.19 bits per heavy atom. The van der Waals surface area contributed by atoms with Crippen LogP contribution in [0.3, 0.4) is 0 Å². The summed E-state index contributed by atoms with van der Waals surface area (Å²) in [6, 6.07) is 16.5. The van der Waals surface area contributed by atoms with Crippen LogP contribution >= 0.6 is 0 Å². The van der Waals surface area contributed by atoms with Crippen molar-refractivity contribution in [3.05, 3.63) is 66.0 Å². The van der Waals surface area contributed by atoms with Crippen molar-refractivity contribution in [2.45, 2.75) is 51.6 Å². The fourth-order valence-electron chi connectivity index (χ4n) is 3.75. The van der Waals surface area contributed by atoms with E-state index in [1.807, 2.05) is 48.5 Å². The van der Waals surface area contributed by atoms with Crippen LogP contribution in [0.1, 0.15) is 45.4 Å². The Bertz CT molecular complexity index is 653. The van der Waals surface area contributed by atoms with Crippen LogP contribution in [0.25, 0.3) is 0 Å². The number of hydrogen-bond donors (Lipinski definition) is 2. The fraction of sp³-hybridized carbons (Fsp3) is 0.455. The summed E-state index contributed by atoms with van der Waals surface area (Å²) >= 11 is 0. The molecule has 0 radical (unpaired) electrons. The molecule has 0 saturated carbocycles. The van der Waals surface area contributed by atoms with Crippen LogP contribution in [0.2, 0.25) is 0 Å². The van der Waals surface area contributed by atoms with Crippen molar-refractivity contribution in [2.24, 2.45) is 0 Å². The molecule has 1 unspecified atom stereocenters. The van der Waals surface area contributed by atoms with Gasteiger partial charge in [0.2, 0.25) is 0 Å². The number of carbonyl (C=O) groups is 1. The highest BCUT2D eigenvalue weighted by molar-refractivity contribution is 5.91. The molecule has 1 heterocycles. The third-order valence-corrected chi connectivity index (χ3v) is 5.07. The Labute approximate surface area is 163 Å². The summed E-state index contributed by atoms with van der Waals surface area (Å²) in [6.07, 6.45) is 2.39. The van der Waals surface area contributed by atoms with Gasteiger partial charge >= 0.3 is 0 Å². The molecule has 0 spiro atoms. The number of aromatic nitrogens is 1. The number of hydrogen-bond acceptors (Lipinski definition) is 4. The lowest BCUT2D eigenvalue weighted by molar-refractivity contribution is -0.126. The lowest BCUT2D eigenvalue weighted by atomic mass is 9.73. The van der Waals surface area contributed by atoms with Crippen LogP contribution in [0.4, 0.5) is 0 Å². The number of nitrogens with one attached hydrogen (secondary N) is 2. The van der Waals surface area contributed by atoms with Crippen LogP contribution < -0.4 is 10.9 Å². The molecule has 0 aliphatic heterocycles. The number of amides is 1. The summed E-state index contributed by atoms with van der Waals surface area (Å²) < 4.78 is 0. The molecule has 0 saturated heterocycles. The maximum absolute atomic E-state index is 13.4. The van der Waals surface area contributed by atoms with E-state index in [1.54, 1.807) is 13.2 Å². The average Bonchev–Trinajstić information content (AvgIpc) is 2.66. The summed E-state index contributed by atoms with van der Waals surface area (Å²) in [6.45, 7) is 9.56. The number of pyridine rings is 1. The first-order valence-corrected chi connectivity index (χ1v) is 9.63. The third kappa shape index (κ3) is 4.73. The predicted molar refractivity (Wildman–Crippen MR) is 110 cm³/mol. The second kappa shape index (κ2) is 9.62. The number of benzene rings is 1. The Kier molecular flexibility index (Phi) is 7.51. The smallest absolute Gasteiger partial charge is 0.250 e. The second-order valence-corrected chi connectivity index (χ2v) is 7.37. The topological polar surface area (TPSA) is 57.3 Å². The molecule has 0 aliphatic carbocycles. The van der Waals surface area contributed by atoms with E-state index >= 15 is 0 Å². The van der Waals surface area contributed by atoms with Gasteiger partial charge in [-0.2, -0.15) is 0 Å². The van der Waals surface area contributed by atoms with Crippen LogP contribution in [0.5, 0.6) is 0 Å². The quantitative estimate of drug-likeness (QED) is 0.668. The van der Waals surface area contributed by atoms with Crippen molar-refractivity contribution in [2.75, 3.05) is 13.6 Å². The Hall–Kier alpha value is -2.24.